The average molecular weight is 324 g/mol. The summed E-state index contributed by atoms with van der Waals surface area (Å²) in [5.41, 5.74) is 0. The molecule has 0 bridgehead atoms. The first kappa shape index (κ1) is 14.8. The predicted octanol–water partition coefficient (Wildman–Crippen LogP) is 1.25. The Kier molecular flexibility index (Phi) is 3.94. The van der Waals surface area contributed by atoms with Crippen molar-refractivity contribution in [3.63, 3.8) is 0 Å². The van der Waals surface area contributed by atoms with Crippen molar-refractivity contribution < 1.29 is 0 Å². The maximum Gasteiger partial charge on any atom is 0.143 e. The zero-order chi connectivity index (χ0) is 16.4. The first-order chi connectivity index (χ1) is 11.8. The molecule has 0 unspecified atom stereocenters. The van der Waals surface area contributed by atoms with Crippen LogP contribution < -0.4 is 4.90 Å². The molecule has 3 aromatic rings. The summed E-state index contributed by atoms with van der Waals surface area (Å²) in [7, 11) is 2.00. The van der Waals surface area contributed by atoms with Crippen molar-refractivity contribution in [1.82, 2.24) is 34.3 Å². The fourth-order valence-electron chi connectivity index (χ4n) is 3.16. The fraction of sp³-hybridized carbons (Fsp3) is 0.438. The lowest BCUT2D eigenvalue weighted by Crippen LogP contribution is -2.35. The molecule has 1 aliphatic rings. The highest BCUT2D eigenvalue weighted by Gasteiger charge is 2.22. The number of hydrogen-bond donors (Lipinski definition) is 0. The Labute approximate surface area is 140 Å². The highest BCUT2D eigenvalue weighted by Crippen LogP contribution is 2.24. The number of imidazole rings is 1. The lowest BCUT2D eigenvalue weighted by atomic mass is 9.93. The topological polar surface area (TPSA) is 77.5 Å². The molecule has 0 N–H and O–H groups in total. The highest BCUT2D eigenvalue weighted by molar-refractivity contribution is 5.43. The van der Waals surface area contributed by atoms with Crippen molar-refractivity contribution in [2.75, 3.05) is 18.0 Å². The van der Waals surface area contributed by atoms with Gasteiger partial charge >= 0.3 is 0 Å². The van der Waals surface area contributed by atoms with Gasteiger partial charge in [0.25, 0.3) is 0 Å². The minimum absolute atomic E-state index is 0.652. The Morgan fingerprint density at radius 3 is 2.67 bits per heavy atom. The standard InChI is InChI=1S/C16H20N8/c1-22-12-20-21-16(22)8-13-2-5-23(6-3-13)14-9-15(19-10-18-14)24-7-4-17-11-24/h4,7,9-13H,2-3,5-6,8H2,1H3. The van der Waals surface area contributed by atoms with Crippen LogP contribution in [0, 0.1) is 5.92 Å². The number of hydrogen-bond acceptors (Lipinski definition) is 6. The Morgan fingerprint density at radius 2 is 1.96 bits per heavy atom. The minimum Gasteiger partial charge on any atom is -0.356 e. The minimum atomic E-state index is 0.652. The smallest absolute Gasteiger partial charge is 0.143 e. The molecular formula is C16H20N8. The van der Waals surface area contributed by atoms with Gasteiger partial charge in [-0.05, 0) is 18.8 Å². The SMILES string of the molecule is Cn1cnnc1CC1CCN(c2cc(-n3ccnc3)ncn2)CC1. The van der Waals surface area contributed by atoms with E-state index in [1.165, 1.54) is 0 Å². The van der Waals surface area contributed by atoms with Crippen LogP contribution in [0.5, 0.6) is 0 Å². The molecule has 0 saturated carbocycles. The van der Waals surface area contributed by atoms with Gasteiger partial charge in [-0.1, -0.05) is 0 Å². The fourth-order valence-corrected chi connectivity index (χ4v) is 3.16. The van der Waals surface area contributed by atoms with E-state index in [1.807, 2.05) is 28.4 Å². The van der Waals surface area contributed by atoms with E-state index in [2.05, 4.69) is 30.0 Å². The van der Waals surface area contributed by atoms with E-state index in [4.69, 9.17) is 0 Å². The third kappa shape index (κ3) is 2.99. The van der Waals surface area contributed by atoms with Crippen LogP contribution in [0.25, 0.3) is 5.82 Å². The molecule has 1 fully saturated rings. The van der Waals surface area contributed by atoms with Gasteiger partial charge in [-0.25, -0.2) is 15.0 Å². The average Bonchev–Trinajstić information content (AvgIpc) is 3.28. The summed E-state index contributed by atoms with van der Waals surface area (Å²) >= 11 is 0. The number of aryl methyl sites for hydroxylation is 1. The summed E-state index contributed by atoms with van der Waals surface area (Å²) < 4.78 is 3.90. The second-order valence-electron chi connectivity index (χ2n) is 6.20. The first-order valence-electron chi connectivity index (χ1n) is 8.18. The Hall–Kier alpha value is -2.77. The van der Waals surface area contributed by atoms with Gasteiger partial charge in [0, 0.05) is 45.0 Å². The molecule has 4 heterocycles. The van der Waals surface area contributed by atoms with E-state index in [0.29, 0.717) is 5.92 Å². The monoisotopic (exact) mass is 324 g/mol. The molecule has 3 aromatic heterocycles. The molecule has 0 atom stereocenters. The van der Waals surface area contributed by atoms with Gasteiger partial charge in [0.05, 0.1) is 0 Å². The number of piperidine rings is 1. The quantitative estimate of drug-likeness (QED) is 0.719. The van der Waals surface area contributed by atoms with E-state index >= 15 is 0 Å². The molecule has 0 radical (unpaired) electrons. The lowest BCUT2D eigenvalue weighted by molar-refractivity contribution is 0.392. The van der Waals surface area contributed by atoms with Gasteiger partial charge in [0.2, 0.25) is 0 Å². The summed E-state index contributed by atoms with van der Waals surface area (Å²) in [6.07, 6.45) is 12.0. The molecule has 0 aromatic carbocycles. The molecular weight excluding hydrogens is 304 g/mol. The van der Waals surface area contributed by atoms with Crippen LogP contribution in [0.15, 0.2) is 37.4 Å². The molecule has 0 amide bonds. The van der Waals surface area contributed by atoms with E-state index in [-0.39, 0.29) is 0 Å². The van der Waals surface area contributed by atoms with Crippen molar-refractivity contribution in [2.24, 2.45) is 13.0 Å². The van der Waals surface area contributed by atoms with Gasteiger partial charge < -0.3 is 9.47 Å². The molecule has 8 heteroatoms. The molecule has 124 valence electrons. The summed E-state index contributed by atoms with van der Waals surface area (Å²) in [5.74, 6) is 3.54. The molecule has 24 heavy (non-hydrogen) atoms. The molecule has 1 aliphatic heterocycles. The zero-order valence-electron chi connectivity index (χ0n) is 13.7. The summed E-state index contributed by atoms with van der Waals surface area (Å²) in [6, 6.07) is 2.02. The van der Waals surface area contributed by atoms with Crippen molar-refractivity contribution >= 4 is 5.82 Å². The molecule has 4 rings (SSSR count). The van der Waals surface area contributed by atoms with Crippen LogP contribution in [-0.2, 0) is 13.5 Å². The van der Waals surface area contributed by atoms with Gasteiger partial charge in [-0.3, -0.25) is 4.57 Å². The van der Waals surface area contributed by atoms with Crippen molar-refractivity contribution in [3.8, 4) is 5.82 Å². The van der Waals surface area contributed by atoms with Crippen molar-refractivity contribution in [1.29, 1.82) is 0 Å². The predicted molar refractivity (Wildman–Crippen MR) is 88.8 cm³/mol. The Morgan fingerprint density at radius 1 is 1.12 bits per heavy atom. The summed E-state index contributed by atoms with van der Waals surface area (Å²) in [4.78, 5) is 15.2. The van der Waals surface area contributed by atoms with E-state index in [9.17, 15) is 0 Å². The molecule has 8 nitrogen and oxygen atoms in total. The second-order valence-corrected chi connectivity index (χ2v) is 6.20. The van der Waals surface area contributed by atoms with Gasteiger partial charge in [-0.2, -0.15) is 0 Å². The Bertz CT molecular complexity index is 786. The van der Waals surface area contributed by atoms with E-state index < -0.39 is 0 Å². The van der Waals surface area contributed by atoms with Crippen LogP contribution in [0.4, 0.5) is 5.82 Å². The lowest BCUT2D eigenvalue weighted by Gasteiger charge is -2.32. The third-order valence-electron chi connectivity index (χ3n) is 4.62. The molecule has 0 aliphatic carbocycles. The highest BCUT2D eigenvalue weighted by atomic mass is 15.2. The summed E-state index contributed by atoms with van der Waals surface area (Å²) in [6.45, 7) is 2.01. The van der Waals surface area contributed by atoms with E-state index in [0.717, 1.165) is 49.8 Å². The first-order valence-corrected chi connectivity index (χ1v) is 8.18. The number of rotatable bonds is 4. The van der Waals surface area contributed by atoms with Crippen LogP contribution >= 0.6 is 0 Å². The van der Waals surface area contributed by atoms with Crippen LogP contribution in [-0.4, -0.2) is 47.4 Å². The third-order valence-corrected chi connectivity index (χ3v) is 4.62. The maximum atomic E-state index is 4.44. The van der Waals surface area contributed by atoms with E-state index in [1.54, 1.807) is 25.2 Å². The van der Waals surface area contributed by atoms with Gasteiger partial charge in [0.15, 0.2) is 0 Å². The van der Waals surface area contributed by atoms with Crippen LogP contribution in [0.3, 0.4) is 0 Å². The Balaban J connectivity index is 1.41. The number of aromatic nitrogens is 7. The molecule has 1 saturated heterocycles. The normalized spacial score (nSPS) is 15.8. The van der Waals surface area contributed by atoms with Crippen LogP contribution in [0.2, 0.25) is 0 Å². The number of anilines is 1. The van der Waals surface area contributed by atoms with Crippen LogP contribution in [0.1, 0.15) is 18.7 Å². The maximum absolute atomic E-state index is 4.44. The largest absolute Gasteiger partial charge is 0.356 e. The zero-order valence-corrected chi connectivity index (χ0v) is 13.7. The second kappa shape index (κ2) is 6.38. The van der Waals surface area contributed by atoms with Gasteiger partial charge in [0.1, 0.15) is 36.4 Å². The molecule has 0 spiro atoms. The van der Waals surface area contributed by atoms with Crippen molar-refractivity contribution in [2.45, 2.75) is 19.3 Å². The van der Waals surface area contributed by atoms with Crippen molar-refractivity contribution in [3.05, 3.63) is 43.3 Å². The van der Waals surface area contributed by atoms with Gasteiger partial charge in [-0.15, -0.1) is 10.2 Å². The number of nitrogens with zero attached hydrogens (tertiary/aromatic N) is 8. The summed E-state index contributed by atoms with van der Waals surface area (Å²) in [5, 5.41) is 8.16.